The van der Waals surface area contributed by atoms with Crippen LogP contribution in [0.3, 0.4) is 0 Å². The Balaban J connectivity index is 2.71. The van der Waals surface area contributed by atoms with Crippen molar-refractivity contribution in [3.8, 4) is 22.6 Å². The molecule has 0 saturated carbocycles. The second kappa shape index (κ2) is 7.16. The van der Waals surface area contributed by atoms with Gasteiger partial charge in [0.15, 0.2) is 0 Å². The first-order valence-electron chi connectivity index (χ1n) is 7.83. The molecule has 0 spiro atoms. The Bertz CT molecular complexity index is 663. The first kappa shape index (κ1) is 18.2. The molecule has 2 nitrogen and oxygen atoms in total. The van der Waals surface area contributed by atoms with Crippen molar-refractivity contribution in [1.29, 1.82) is 0 Å². The molecule has 2 rings (SSSR count). The molecule has 0 bridgehead atoms. The molecule has 130 valence electrons. The molecule has 2 aromatic rings. The smallest absolute Gasteiger partial charge is 0.417 e. The molecule has 0 atom stereocenters. The van der Waals surface area contributed by atoms with Crippen LogP contribution in [0.25, 0.3) is 11.1 Å². The van der Waals surface area contributed by atoms with E-state index in [-0.39, 0.29) is 17.8 Å². The number of hydrogen-bond acceptors (Lipinski definition) is 2. The third-order valence-corrected chi connectivity index (χ3v) is 3.22. The van der Waals surface area contributed by atoms with Gasteiger partial charge in [-0.1, -0.05) is 24.3 Å². The summed E-state index contributed by atoms with van der Waals surface area (Å²) in [7, 11) is 0. The predicted molar refractivity (Wildman–Crippen MR) is 88.4 cm³/mol. The maximum Gasteiger partial charge on any atom is 0.417 e. The fourth-order valence-electron chi connectivity index (χ4n) is 2.43. The third-order valence-electron chi connectivity index (χ3n) is 3.22. The van der Waals surface area contributed by atoms with E-state index in [1.54, 1.807) is 24.3 Å². The molecular formula is C19H21F3O2. The molecule has 0 amide bonds. The third kappa shape index (κ3) is 4.22. The Labute approximate surface area is 140 Å². The highest BCUT2D eigenvalue weighted by Gasteiger charge is 2.35. The van der Waals surface area contributed by atoms with Crippen LogP contribution in [0.4, 0.5) is 13.2 Å². The summed E-state index contributed by atoms with van der Waals surface area (Å²) in [4.78, 5) is 0. The van der Waals surface area contributed by atoms with Crippen molar-refractivity contribution in [3.63, 3.8) is 0 Å². The van der Waals surface area contributed by atoms with Crippen molar-refractivity contribution in [3.05, 3.63) is 48.0 Å². The monoisotopic (exact) mass is 338 g/mol. The largest absolute Gasteiger partial charge is 0.490 e. The quantitative estimate of drug-likeness (QED) is 0.671. The van der Waals surface area contributed by atoms with Crippen molar-refractivity contribution in [1.82, 2.24) is 0 Å². The van der Waals surface area contributed by atoms with Crippen LogP contribution in [-0.2, 0) is 6.18 Å². The highest BCUT2D eigenvalue weighted by Crippen LogP contribution is 2.45. The number of benzene rings is 2. The van der Waals surface area contributed by atoms with Gasteiger partial charge < -0.3 is 9.47 Å². The second-order valence-electron chi connectivity index (χ2n) is 6.01. The Morgan fingerprint density at radius 1 is 0.750 bits per heavy atom. The second-order valence-corrected chi connectivity index (χ2v) is 6.01. The lowest BCUT2D eigenvalue weighted by Crippen LogP contribution is -2.12. The zero-order valence-corrected chi connectivity index (χ0v) is 14.1. The van der Waals surface area contributed by atoms with Crippen LogP contribution >= 0.6 is 0 Å². The number of ether oxygens (including phenoxy) is 2. The van der Waals surface area contributed by atoms with E-state index in [0.29, 0.717) is 17.1 Å². The fraction of sp³-hybridized carbons (Fsp3) is 0.368. The molecule has 0 saturated heterocycles. The van der Waals surface area contributed by atoms with Crippen molar-refractivity contribution in [2.24, 2.45) is 0 Å². The van der Waals surface area contributed by atoms with E-state index in [4.69, 9.17) is 9.47 Å². The molecule has 0 unspecified atom stereocenters. The summed E-state index contributed by atoms with van der Waals surface area (Å²) >= 11 is 0. The summed E-state index contributed by atoms with van der Waals surface area (Å²) in [5.41, 5.74) is -0.330. The van der Waals surface area contributed by atoms with Gasteiger partial charge in [-0.15, -0.1) is 0 Å². The molecule has 2 aromatic carbocycles. The molecule has 0 N–H and O–H groups in total. The summed E-state index contributed by atoms with van der Waals surface area (Å²) in [6, 6.07) is 10.5. The minimum atomic E-state index is -4.46. The molecular weight excluding hydrogens is 317 g/mol. The number of rotatable bonds is 5. The average molecular weight is 338 g/mol. The van der Waals surface area contributed by atoms with Gasteiger partial charge in [0, 0.05) is 5.56 Å². The molecule has 24 heavy (non-hydrogen) atoms. The standard InChI is InChI=1S/C19H21F3O2/c1-12(2)23-16-10-7-11-17(24-13(3)4)18(16)14-8-5-6-9-15(14)19(20,21)22/h5-13H,1-4H3. The highest BCUT2D eigenvalue weighted by atomic mass is 19.4. The Morgan fingerprint density at radius 2 is 1.25 bits per heavy atom. The van der Waals surface area contributed by atoms with Crippen LogP contribution in [0.15, 0.2) is 42.5 Å². The molecule has 0 heterocycles. The van der Waals surface area contributed by atoms with Crippen molar-refractivity contribution in [2.45, 2.75) is 46.1 Å². The zero-order chi connectivity index (χ0) is 17.9. The fourth-order valence-corrected chi connectivity index (χ4v) is 2.43. The molecule has 0 aliphatic rings. The summed E-state index contributed by atoms with van der Waals surface area (Å²) < 4.78 is 51.8. The lowest BCUT2D eigenvalue weighted by Gasteiger charge is -2.21. The number of alkyl halides is 3. The van der Waals surface area contributed by atoms with Crippen LogP contribution in [-0.4, -0.2) is 12.2 Å². The average Bonchev–Trinajstić information content (AvgIpc) is 2.45. The van der Waals surface area contributed by atoms with Crippen molar-refractivity contribution >= 4 is 0 Å². The first-order valence-corrected chi connectivity index (χ1v) is 7.83. The molecule has 0 aromatic heterocycles. The van der Waals surface area contributed by atoms with E-state index in [9.17, 15) is 13.2 Å². The summed E-state index contributed by atoms with van der Waals surface area (Å²) in [6.07, 6.45) is -4.80. The van der Waals surface area contributed by atoms with Gasteiger partial charge in [0.25, 0.3) is 0 Å². The molecule has 0 aliphatic carbocycles. The van der Waals surface area contributed by atoms with Crippen LogP contribution in [0.2, 0.25) is 0 Å². The minimum absolute atomic E-state index is 0.0527. The zero-order valence-electron chi connectivity index (χ0n) is 14.1. The van der Waals surface area contributed by atoms with Gasteiger partial charge in [-0.25, -0.2) is 0 Å². The normalized spacial score (nSPS) is 11.9. The maximum absolute atomic E-state index is 13.4. The van der Waals surface area contributed by atoms with Crippen LogP contribution in [0, 0.1) is 0 Å². The van der Waals surface area contributed by atoms with E-state index < -0.39 is 11.7 Å². The maximum atomic E-state index is 13.4. The van der Waals surface area contributed by atoms with Gasteiger partial charge in [0.05, 0.1) is 23.3 Å². The van der Waals surface area contributed by atoms with Gasteiger partial charge in [0.2, 0.25) is 0 Å². The van der Waals surface area contributed by atoms with Crippen LogP contribution in [0.1, 0.15) is 33.3 Å². The summed E-state index contributed by atoms with van der Waals surface area (Å²) in [5, 5.41) is 0. The molecule has 0 radical (unpaired) electrons. The highest BCUT2D eigenvalue weighted by molar-refractivity contribution is 5.79. The minimum Gasteiger partial charge on any atom is -0.490 e. The SMILES string of the molecule is CC(C)Oc1cccc(OC(C)C)c1-c1ccccc1C(F)(F)F. The first-order chi connectivity index (χ1) is 11.2. The summed E-state index contributed by atoms with van der Waals surface area (Å²) in [6.45, 7) is 7.32. The van der Waals surface area contributed by atoms with Crippen LogP contribution in [0.5, 0.6) is 11.5 Å². The Hall–Kier alpha value is -2.17. The Morgan fingerprint density at radius 3 is 1.71 bits per heavy atom. The van der Waals surface area contributed by atoms with E-state index in [0.717, 1.165) is 6.07 Å². The Kier molecular flexibility index (Phi) is 5.42. The van der Waals surface area contributed by atoms with E-state index in [1.807, 2.05) is 27.7 Å². The lowest BCUT2D eigenvalue weighted by molar-refractivity contribution is -0.137. The van der Waals surface area contributed by atoms with E-state index in [2.05, 4.69) is 0 Å². The molecule has 0 fully saturated rings. The molecule has 5 heteroatoms. The van der Waals surface area contributed by atoms with Crippen LogP contribution < -0.4 is 9.47 Å². The van der Waals surface area contributed by atoms with Gasteiger partial charge in [-0.2, -0.15) is 13.2 Å². The predicted octanol–water partition coefficient (Wildman–Crippen LogP) is 5.95. The number of hydrogen-bond donors (Lipinski definition) is 0. The lowest BCUT2D eigenvalue weighted by atomic mass is 9.97. The number of halogens is 3. The van der Waals surface area contributed by atoms with Gasteiger partial charge in [-0.3, -0.25) is 0 Å². The van der Waals surface area contributed by atoms with E-state index in [1.165, 1.54) is 12.1 Å². The summed E-state index contributed by atoms with van der Waals surface area (Å²) in [5.74, 6) is 0.750. The molecule has 0 aliphatic heterocycles. The van der Waals surface area contributed by atoms with Gasteiger partial charge in [0.1, 0.15) is 11.5 Å². The van der Waals surface area contributed by atoms with Gasteiger partial charge in [-0.05, 0) is 45.9 Å². The van der Waals surface area contributed by atoms with Crippen molar-refractivity contribution < 1.29 is 22.6 Å². The van der Waals surface area contributed by atoms with Crippen molar-refractivity contribution in [2.75, 3.05) is 0 Å². The van der Waals surface area contributed by atoms with E-state index >= 15 is 0 Å². The van der Waals surface area contributed by atoms with Gasteiger partial charge >= 0.3 is 6.18 Å². The topological polar surface area (TPSA) is 18.5 Å².